The van der Waals surface area contributed by atoms with Crippen LogP contribution < -0.4 is 4.40 Å². The SMILES string of the molecule is [2H]C1([2H])CCC([2H])([2H])c2c(-c3ccccc3)c[c-]c(-c3cc(C)[c]([Ge]([CH3])([CH3])[CH3])cn3)c21.[2H]c1c(-c2ccccc2)ccc2c1sc1c(-c3cc4ccccc4cn3)[c-]ccc12.[Ir]. The molecule has 9 aromatic rings. The van der Waals surface area contributed by atoms with Gasteiger partial charge in [0.1, 0.15) is 0 Å². The van der Waals surface area contributed by atoms with Crippen LogP contribution in [0.25, 0.3) is 75.7 Å². The molecule has 0 saturated carbocycles. The van der Waals surface area contributed by atoms with Crippen LogP contribution in [0.4, 0.5) is 0 Å². The van der Waals surface area contributed by atoms with E-state index >= 15 is 0 Å². The molecule has 0 N–H and O–H groups in total. The van der Waals surface area contributed by atoms with E-state index in [9.17, 15) is 0 Å². The summed E-state index contributed by atoms with van der Waals surface area (Å²) < 4.78 is 47.5. The maximum absolute atomic E-state index is 8.88. The van der Waals surface area contributed by atoms with Crippen molar-refractivity contribution in [3.63, 3.8) is 0 Å². The van der Waals surface area contributed by atoms with E-state index in [2.05, 4.69) is 84.9 Å². The third-order valence-corrected chi connectivity index (χ3v) is 16.1. The fourth-order valence-corrected chi connectivity index (χ4v) is 12.5. The molecule has 3 heterocycles. The predicted molar refractivity (Wildman–Crippen MR) is 243 cm³/mol. The van der Waals surface area contributed by atoms with Crippen molar-refractivity contribution in [1.82, 2.24) is 9.97 Å². The number of hydrogen-bond donors (Lipinski definition) is 0. The Labute approximate surface area is 363 Å². The molecule has 0 unspecified atom stereocenters. The first-order valence-corrected chi connectivity index (χ1v) is 27.3. The van der Waals surface area contributed by atoms with Gasteiger partial charge in [0.2, 0.25) is 0 Å². The van der Waals surface area contributed by atoms with E-state index in [1.165, 1.54) is 15.3 Å². The van der Waals surface area contributed by atoms with E-state index in [4.69, 9.17) is 16.8 Å². The number of benzene rings is 6. The van der Waals surface area contributed by atoms with Crippen molar-refractivity contribution in [2.75, 3.05) is 0 Å². The molecule has 57 heavy (non-hydrogen) atoms. The minimum absolute atomic E-state index is 0. The van der Waals surface area contributed by atoms with E-state index in [1.807, 2.05) is 91.3 Å². The minimum atomic E-state index is -2.07. The molecular formula is C52H44GeIrN2S-2. The Kier molecular flexibility index (Phi) is 9.72. The van der Waals surface area contributed by atoms with E-state index < -0.39 is 26.0 Å². The smallest absolute Gasteiger partial charge is 0.0644 e. The zero-order valence-electron chi connectivity index (χ0n) is 37.3. The van der Waals surface area contributed by atoms with Gasteiger partial charge < -0.3 is 4.98 Å². The maximum Gasteiger partial charge on any atom is 0.0644 e. The third-order valence-electron chi connectivity index (χ3n) is 10.4. The predicted octanol–water partition coefficient (Wildman–Crippen LogP) is 13.7. The minimum Gasteiger partial charge on any atom is -0.304 e. The van der Waals surface area contributed by atoms with Crippen molar-refractivity contribution in [1.29, 1.82) is 0 Å². The van der Waals surface area contributed by atoms with Crippen LogP contribution in [0.15, 0.2) is 146 Å². The quantitative estimate of drug-likeness (QED) is 0.127. The van der Waals surface area contributed by atoms with Crippen LogP contribution in [0, 0.1) is 19.1 Å². The Morgan fingerprint density at radius 1 is 0.667 bits per heavy atom. The zero-order chi connectivity index (χ0) is 42.7. The van der Waals surface area contributed by atoms with Gasteiger partial charge in [-0.3, -0.25) is 0 Å². The molecule has 5 heteroatoms. The van der Waals surface area contributed by atoms with Crippen LogP contribution in [0.2, 0.25) is 17.3 Å². The molecule has 1 radical (unpaired) electrons. The van der Waals surface area contributed by atoms with Gasteiger partial charge in [0.05, 0.1) is 1.37 Å². The van der Waals surface area contributed by atoms with Crippen LogP contribution in [0.3, 0.4) is 0 Å². The standard InChI is InChI=1S/C27H16NS.C25H28GeN.Ir/c1-2-7-18(8-3-1)20-13-14-22-23-11-6-12-24(27(23)29-26(22)16-20)25-15-19-9-4-5-10-21(19)17-28-25;1-18-16-25(27-17-24(18)26(2,3)4)23-15-14-20(19-10-6-5-7-11-19)21-12-8-9-13-22(21)23;/h1-11,13-17H;5-7,10-11,14,16-17H,8-9,12-13H2,1-4H3;/q2*-1;/i16D;12D2,13D2;. The van der Waals surface area contributed by atoms with Gasteiger partial charge in [0.15, 0.2) is 0 Å². The number of aromatic nitrogens is 2. The molecule has 0 aliphatic heterocycles. The van der Waals surface area contributed by atoms with Crippen LogP contribution in [-0.4, -0.2) is 23.2 Å². The molecule has 10 rings (SSSR count). The Balaban J connectivity index is 0.000000168. The Morgan fingerprint density at radius 2 is 1.33 bits per heavy atom. The topological polar surface area (TPSA) is 25.8 Å². The zero-order valence-corrected chi connectivity index (χ0v) is 37.6. The Morgan fingerprint density at radius 3 is 2.07 bits per heavy atom. The fraction of sp³-hybridized carbons (Fsp3) is 0.154. The van der Waals surface area contributed by atoms with Crippen molar-refractivity contribution in [3.8, 4) is 44.8 Å². The number of fused-ring (bicyclic) bond motifs is 5. The first-order chi connectivity index (χ1) is 29.2. The van der Waals surface area contributed by atoms with Crippen molar-refractivity contribution >= 4 is 59.9 Å². The van der Waals surface area contributed by atoms with Crippen molar-refractivity contribution in [2.45, 2.75) is 49.8 Å². The van der Waals surface area contributed by atoms with Crippen molar-refractivity contribution < 1.29 is 27.0 Å². The molecule has 0 bridgehead atoms. The van der Waals surface area contributed by atoms with E-state index in [1.54, 1.807) is 11.3 Å². The monoisotopic (exact) mass is 1000 g/mol. The fourth-order valence-electron chi connectivity index (χ4n) is 7.68. The second-order valence-corrected chi connectivity index (χ2v) is 26.9. The van der Waals surface area contributed by atoms with Crippen molar-refractivity contribution in [3.05, 3.63) is 175 Å². The summed E-state index contributed by atoms with van der Waals surface area (Å²) in [7, 11) is 0. The van der Waals surface area contributed by atoms with Crippen molar-refractivity contribution in [2.24, 2.45) is 0 Å². The Bertz CT molecular complexity index is 3110. The molecule has 283 valence electrons. The molecular weight excluding hydrogens is 949 g/mol. The number of hydrogen-bond acceptors (Lipinski definition) is 3. The van der Waals surface area contributed by atoms with E-state index in [0.29, 0.717) is 34.0 Å². The van der Waals surface area contributed by atoms with E-state index in [-0.39, 0.29) is 32.9 Å². The normalized spacial score (nSPS) is 15.5. The molecule has 3 aromatic heterocycles. The van der Waals surface area contributed by atoms with Gasteiger partial charge in [-0.15, -0.1) is 23.8 Å². The summed E-state index contributed by atoms with van der Waals surface area (Å²) in [5.74, 6) is 7.00. The summed E-state index contributed by atoms with van der Waals surface area (Å²) in [4.78, 5) is 9.44. The average Bonchev–Trinajstić information content (AvgIpc) is 3.65. The summed E-state index contributed by atoms with van der Waals surface area (Å²) >= 11 is -0.402. The summed E-state index contributed by atoms with van der Waals surface area (Å²) in [5, 5.41) is 4.58. The van der Waals surface area contributed by atoms with Crippen LogP contribution in [0.5, 0.6) is 0 Å². The maximum atomic E-state index is 8.88. The van der Waals surface area contributed by atoms with Crippen LogP contribution in [-0.2, 0) is 32.9 Å². The summed E-state index contributed by atoms with van der Waals surface area (Å²) in [6.45, 7) is 2.09. The Hall–Kier alpha value is -4.71. The average molecular weight is 999 g/mol. The summed E-state index contributed by atoms with van der Waals surface area (Å²) in [5.41, 5.74) is 8.82. The third kappa shape index (κ3) is 7.94. The number of pyridine rings is 2. The van der Waals surface area contributed by atoms with Gasteiger partial charge in [0.25, 0.3) is 0 Å². The number of thiophene rings is 1. The molecule has 0 spiro atoms. The largest absolute Gasteiger partial charge is 0.304 e. The van der Waals surface area contributed by atoms with Crippen LogP contribution >= 0.6 is 11.3 Å². The van der Waals surface area contributed by atoms with Gasteiger partial charge in [-0.2, -0.15) is 11.3 Å². The molecule has 1 aliphatic rings. The van der Waals surface area contributed by atoms with Gasteiger partial charge in [-0.25, -0.2) is 0 Å². The van der Waals surface area contributed by atoms with E-state index in [0.717, 1.165) is 53.5 Å². The first kappa shape index (κ1) is 33.3. The summed E-state index contributed by atoms with van der Waals surface area (Å²) in [6.07, 6.45) is 0.899. The molecule has 0 fully saturated rings. The molecule has 0 saturated heterocycles. The van der Waals surface area contributed by atoms with Gasteiger partial charge in [-0.1, -0.05) is 78.2 Å². The number of rotatable bonds is 5. The van der Waals surface area contributed by atoms with Gasteiger partial charge in [0, 0.05) is 31.0 Å². The number of nitrogens with zero attached hydrogens (tertiary/aromatic N) is 2. The summed E-state index contributed by atoms with van der Waals surface area (Å²) in [6, 6.07) is 49.6. The molecule has 0 atom stereocenters. The molecule has 1 aliphatic carbocycles. The molecule has 0 amide bonds. The molecule has 2 nitrogen and oxygen atoms in total. The first-order valence-electron chi connectivity index (χ1n) is 21.6. The van der Waals surface area contributed by atoms with Crippen LogP contribution in [0.1, 0.15) is 36.4 Å². The van der Waals surface area contributed by atoms with Gasteiger partial charge in [-0.05, 0) is 43.7 Å². The second kappa shape index (κ2) is 16.6. The number of aryl methyl sites for hydroxylation is 1. The molecule has 6 aromatic carbocycles. The second-order valence-electron chi connectivity index (χ2n) is 15.3. The van der Waals surface area contributed by atoms with Gasteiger partial charge >= 0.3 is 172 Å².